The summed E-state index contributed by atoms with van der Waals surface area (Å²) in [6, 6.07) is 8.43. The van der Waals surface area contributed by atoms with E-state index < -0.39 is 10.0 Å². The van der Waals surface area contributed by atoms with Crippen LogP contribution in [-0.2, 0) is 22.3 Å². The molecule has 0 bridgehead atoms. The van der Waals surface area contributed by atoms with Crippen molar-refractivity contribution in [3.8, 4) is 0 Å². The lowest BCUT2D eigenvalue weighted by atomic mass is 10.1. The highest BCUT2D eigenvalue weighted by Gasteiger charge is 2.20. The molecule has 1 aromatic rings. The third-order valence-electron chi connectivity index (χ3n) is 2.88. The predicted molar refractivity (Wildman–Crippen MR) is 72.6 cm³/mol. The molecule has 2 N–H and O–H groups in total. The highest BCUT2D eigenvalue weighted by molar-refractivity contribution is 7.88. The Balaban J connectivity index is 1.97. The molecule has 4 nitrogen and oxygen atoms in total. The van der Waals surface area contributed by atoms with Crippen LogP contribution in [0.15, 0.2) is 24.3 Å². The molecule has 0 spiro atoms. The molecule has 1 aromatic carbocycles. The van der Waals surface area contributed by atoms with Gasteiger partial charge in [0.15, 0.2) is 0 Å². The summed E-state index contributed by atoms with van der Waals surface area (Å²) in [6.45, 7) is 3.04. The minimum absolute atomic E-state index is 0.0537. The van der Waals surface area contributed by atoms with Gasteiger partial charge in [-0.25, -0.2) is 13.1 Å². The van der Waals surface area contributed by atoms with Crippen molar-refractivity contribution >= 4 is 10.0 Å². The van der Waals surface area contributed by atoms with Gasteiger partial charge in [-0.15, -0.1) is 0 Å². The number of benzene rings is 1. The Labute approximate surface area is 109 Å². The van der Waals surface area contributed by atoms with E-state index in [1.165, 1.54) is 12.8 Å². The Kier molecular flexibility index (Phi) is 4.37. The van der Waals surface area contributed by atoms with Crippen LogP contribution >= 0.6 is 0 Å². The normalized spacial score (nSPS) is 15.8. The van der Waals surface area contributed by atoms with Crippen molar-refractivity contribution in [2.75, 3.05) is 6.54 Å². The number of hydrogen-bond donors (Lipinski definition) is 2. The molecule has 100 valence electrons. The van der Waals surface area contributed by atoms with E-state index in [0.29, 0.717) is 12.6 Å². The van der Waals surface area contributed by atoms with Crippen LogP contribution in [0.25, 0.3) is 0 Å². The monoisotopic (exact) mass is 268 g/mol. The van der Waals surface area contributed by atoms with Gasteiger partial charge < -0.3 is 5.32 Å². The van der Waals surface area contributed by atoms with Crippen LogP contribution in [0.3, 0.4) is 0 Å². The summed E-state index contributed by atoms with van der Waals surface area (Å²) in [5, 5.41) is 3.42. The summed E-state index contributed by atoms with van der Waals surface area (Å²) in [5.74, 6) is 0.0537. The molecule has 5 heteroatoms. The average Bonchev–Trinajstić information content (AvgIpc) is 3.09. The molecule has 1 aliphatic rings. The molecule has 0 heterocycles. The van der Waals surface area contributed by atoms with Gasteiger partial charge in [-0.3, -0.25) is 0 Å². The van der Waals surface area contributed by atoms with E-state index in [0.717, 1.165) is 17.7 Å². The van der Waals surface area contributed by atoms with Gasteiger partial charge in [0, 0.05) is 19.1 Å². The first-order chi connectivity index (χ1) is 8.59. The number of hydrogen-bond acceptors (Lipinski definition) is 3. The minimum atomic E-state index is -3.19. The van der Waals surface area contributed by atoms with Crippen LogP contribution in [0.5, 0.6) is 0 Å². The van der Waals surface area contributed by atoms with E-state index in [9.17, 15) is 8.42 Å². The summed E-state index contributed by atoms with van der Waals surface area (Å²) in [5.41, 5.74) is 1.98. The van der Waals surface area contributed by atoms with Crippen molar-refractivity contribution in [1.29, 1.82) is 0 Å². The minimum Gasteiger partial charge on any atom is -0.310 e. The molecule has 1 fully saturated rings. The van der Waals surface area contributed by atoms with Gasteiger partial charge >= 0.3 is 0 Å². The molecular formula is C13H20N2O2S. The third kappa shape index (κ3) is 4.40. The fraction of sp³-hybridized carbons (Fsp3) is 0.538. The summed E-state index contributed by atoms with van der Waals surface area (Å²) >= 11 is 0. The maximum absolute atomic E-state index is 11.7. The number of rotatable bonds is 7. The van der Waals surface area contributed by atoms with E-state index >= 15 is 0 Å². The van der Waals surface area contributed by atoms with Gasteiger partial charge in [0.1, 0.15) is 0 Å². The van der Waals surface area contributed by atoms with Crippen molar-refractivity contribution in [2.24, 2.45) is 0 Å². The second kappa shape index (κ2) is 5.82. The molecule has 1 saturated carbocycles. The summed E-state index contributed by atoms with van der Waals surface area (Å²) in [6.07, 6.45) is 2.52. The Morgan fingerprint density at radius 1 is 1.28 bits per heavy atom. The summed E-state index contributed by atoms with van der Waals surface area (Å²) in [4.78, 5) is 0. The van der Waals surface area contributed by atoms with Crippen molar-refractivity contribution < 1.29 is 8.42 Å². The van der Waals surface area contributed by atoms with Gasteiger partial charge in [0.05, 0.1) is 5.75 Å². The second-order valence-electron chi connectivity index (χ2n) is 4.73. The first-order valence-electron chi connectivity index (χ1n) is 6.37. The lowest BCUT2D eigenvalue weighted by Crippen LogP contribution is -2.24. The molecule has 0 amide bonds. The van der Waals surface area contributed by atoms with Crippen LogP contribution in [0, 0.1) is 0 Å². The topological polar surface area (TPSA) is 58.2 Å². The zero-order valence-corrected chi connectivity index (χ0v) is 11.5. The van der Waals surface area contributed by atoms with E-state index in [1.54, 1.807) is 6.92 Å². The van der Waals surface area contributed by atoms with Gasteiger partial charge in [-0.05, 0) is 24.0 Å². The average molecular weight is 268 g/mol. The molecule has 2 rings (SSSR count). The Morgan fingerprint density at radius 2 is 2.00 bits per heavy atom. The smallest absolute Gasteiger partial charge is 0.215 e. The van der Waals surface area contributed by atoms with Gasteiger partial charge in [0.25, 0.3) is 0 Å². The van der Waals surface area contributed by atoms with E-state index in [-0.39, 0.29) is 5.75 Å². The molecule has 1 aliphatic carbocycles. The fourth-order valence-corrected chi connectivity index (χ4v) is 3.03. The quantitative estimate of drug-likeness (QED) is 0.785. The van der Waals surface area contributed by atoms with Gasteiger partial charge in [-0.1, -0.05) is 31.2 Å². The standard InChI is InChI=1S/C13H20N2O2S/c1-2-15-18(16,17)10-12-5-3-4-11(8-12)9-14-13-6-7-13/h3-5,8,13-15H,2,6-7,9-10H2,1H3. The zero-order valence-electron chi connectivity index (χ0n) is 10.6. The molecule has 18 heavy (non-hydrogen) atoms. The number of nitrogens with one attached hydrogen (secondary N) is 2. The second-order valence-corrected chi connectivity index (χ2v) is 6.54. The van der Waals surface area contributed by atoms with Crippen LogP contribution in [0.4, 0.5) is 0 Å². The lowest BCUT2D eigenvalue weighted by Gasteiger charge is -2.07. The third-order valence-corrected chi connectivity index (χ3v) is 4.33. The lowest BCUT2D eigenvalue weighted by molar-refractivity contribution is 0.583. The first-order valence-corrected chi connectivity index (χ1v) is 8.03. The maximum Gasteiger partial charge on any atom is 0.215 e. The van der Waals surface area contributed by atoms with Crippen molar-refractivity contribution in [3.63, 3.8) is 0 Å². The Morgan fingerprint density at radius 3 is 2.67 bits per heavy atom. The highest BCUT2D eigenvalue weighted by Crippen LogP contribution is 2.19. The largest absolute Gasteiger partial charge is 0.310 e. The number of sulfonamides is 1. The van der Waals surface area contributed by atoms with E-state index in [4.69, 9.17) is 0 Å². The van der Waals surface area contributed by atoms with Crippen molar-refractivity contribution in [3.05, 3.63) is 35.4 Å². The van der Waals surface area contributed by atoms with Crippen LogP contribution in [0.2, 0.25) is 0 Å². The van der Waals surface area contributed by atoms with E-state index in [1.807, 2.05) is 24.3 Å². The summed E-state index contributed by atoms with van der Waals surface area (Å²) in [7, 11) is -3.19. The maximum atomic E-state index is 11.7. The van der Waals surface area contributed by atoms with E-state index in [2.05, 4.69) is 10.0 Å². The van der Waals surface area contributed by atoms with Gasteiger partial charge in [-0.2, -0.15) is 0 Å². The molecule has 0 radical (unpaired) electrons. The van der Waals surface area contributed by atoms with Crippen molar-refractivity contribution in [1.82, 2.24) is 10.0 Å². The molecule has 0 atom stereocenters. The molecule has 0 saturated heterocycles. The molecule has 0 aliphatic heterocycles. The summed E-state index contributed by atoms with van der Waals surface area (Å²) < 4.78 is 25.8. The van der Waals surface area contributed by atoms with Crippen LogP contribution < -0.4 is 10.0 Å². The predicted octanol–water partition coefficient (Wildman–Crippen LogP) is 1.38. The molecular weight excluding hydrogens is 248 g/mol. The first kappa shape index (κ1) is 13.5. The molecule has 0 unspecified atom stereocenters. The van der Waals surface area contributed by atoms with Crippen molar-refractivity contribution in [2.45, 2.75) is 38.1 Å². The Hall–Kier alpha value is -0.910. The highest BCUT2D eigenvalue weighted by atomic mass is 32.2. The Bertz CT molecular complexity index is 495. The molecule has 0 aromatic heterocycles. The zero-order chi connectivity index (χ0) is 13.0. The van der Waals surface area contributed by atoms with Crippen LogP contribution in [-0.4, -0.2) is 21.0 Å². The fourth-order valence-electron chi connectivity index (χ4n) is 1.87. The SMILES string of the molecule is CCNS(=O)(=O)Cc1cccc(CNC2CC2)c1. The van der Waals surface area contributed by atoms with Crippen LogP contribution in [0.1, 0.15) is 30.9 Å². The van der Waals surface area contributed by atoms with Gasteiger partial charge in [0.2, 0.25) is 10.0 Å².